The van der Waals surface area contributed by atoms with Crippen molar-refractivity contribution in [1.82, 2.24) is 0 Å². The van der Waals surface area contributed by atoms with Gasteiger partial charge < -0.3 is 10.0 Å². The van der Waals surface area contributed by atoms with Crippen molar-refractivity contribution < 1.29 is 9.90 Å². The molecule has 0 amide bonds. The Labute approximate surface area is 103 Å². The summed E-state index contributed by atoms with van der Waals surface area (Å²) in [7, 11) is 0. The van der Waals surface area contributed by atoms with Gasteiger partial charge in [0.1, 0.15) is 0 Å². The molecule has 0 bridgehead atoms. The molecule has 0 spiro atoms. The zero-order valence-electron chi connectivity index (χ0n) is 8.69. The summed E-state index contributed by atoms with van der Waals surface area (Å²) in [6, 6.07) is 7.62. The Morgan fingerprint density at radius 3 is 2.56 bits per heavy atom. The highest BCUT2D eigenvalue weighted by Crippen LogP contribution is 2.18. The highest BCUT2D eigenvalue weighted by molar-refractivity contribution is 9.10. The van der Waals surface area contributed by atoms with Crippen LogP contribution in [0.25, 0.3) is 0 Å². The van der Waals surface area contributed by atoms with E-state index >= 15 is 0 Å². The van der Waals surface area contributed by atoms with Gasteiger partial charge in [-0.05, 0) is 24.3 Å². The van der Waals surface area contributed by atoms with Gasteiger partial charge in [0.05, 0.1) is 13.0 Å². The van der Waals surface area contributed by atoms with Crippen LogP contribution >= 0.6 is 15.9 Å². The molecule has 0 unspecified atom stereocenters. The molecule has 4 heteroatoms. The zero-order valence-corrected chi connectivity index (χ0v) is 10.3. The van der Waals surface area contributed by atoms with E-state index in [0.29, 0.717) is 13.1 Å². The maximum atomic E-state index is 10.5. The third kappa shape index (κ3) is 3.95. The summed E-state index contributed by atoms with van der Waals surface area (Å²) in [5, 5.41) is 8.64. The maximum Gasteiger partial charge on any atom is 0.305 e. The predicted octanol–water partition coefficient (Wildman–Crippen LogP) is 2.36. The molecule has 0 radical (unpaired) electrons. The van der Waals surface area contributed by atoms with Gasteiger partial charge in [0, 0.05) is 16.7 Å². The van der Waals surface area contributed by atoms with E-state index in [1.54, 1.807) is 0 Å². The van der Waals surface area contributed by atoms with Crippen LogP contribution in [-0.4, -0.2) is 24.2 Å². The fraction of sp³-hybridized carbons (Fsp3) is 0.250. The normalized spacial score (nSPS) is 9.50. The van der Waals surface area contributed by atoms with Crippen LogP contribution in [0, 0.1) is 12.3 Å². The number of aliphatic carboxylic acids is 1. The van der Waals surface area contributed by atoms with Gasteiger partial charge in [0.25, 0.3) is 0 Å². The third-order valence-electron chi connectivity index (χ3n) is 2.07. The van der Waals surface area contributed by atoms with Crippen LogP contribution < -0.4 is 4.90 Å². The van der Waals surface area contributed by atoms with Gasteiger partial charge in [0.15, 0.2) is 0 Å². The van der Waals surface area contributed by atoms with Gasteiger partial charge in [0.2, 0.25) is 0 Å². The van der Waals surface area contributed by atoms with Gasteiger partial charge in [-0.15, -0.1) is 6.42 Å². The van der Waals surface area contributed by atoms with Crippen molar-refractivity contribution in [1.29, 1.82) is 0 Å². The number of benzene rings is 1. The molecule has 1 aromatic rings. The van der Waals surface area contributed by atoms with Crippen molar-refractivity contribution in [3.8, 4) is 12.3 Å². The van der Waals surface area contributed by atoms with Crippen LogP contribution in [-0.2, 0) is 4.79 Å². The van der Waals surface area contributed by atoms with E-state index in [4.69, 9.17) is 11.5 Å². The number of nitrogens with zero attached hydrogens (tertiary/aromatic N) is 1. The van der Waals surface area contributed by atoms with Gasteiger partial charge in [-0.1, -0.05) is 21.9 Å². The van der Waals surface area contributed by atoms with E-state index in [2.05, 4.69) is 21.9 Å². The molecule has 1 rings (SSSR count). The second-order valence-electron chi connectivity index (χ2n) is 3.25. The molecule has 1 N–H and O–H groups in total. The number of anilines is 1. The van der Waals surface area contributed by atoms with E-state index in [-0.39, 0.29) is 6.42 Å². The number of hydrogen-bond donors (Lipinski definition) is 1. The smallest absolute Gasteiger partial charge is 0.305 e. The Bertz CT molecular complexity index is 394. The molecule has 0 aromatic heterocycles. The van der Waals surface area contributed by atoms with Crippen LogP contribution in [0.3, 0.4) is 0 Å². The number of carboxylic acids is 1. The van der Waals surface area contributed by atoms with Crippen LogP contribution in [0.15, 0.2) is 28.7 Å². The van der Waals surface area contributed by atoms with Crippen molar-refractivity contribution in [2.24, 2.45) is 0 Å². The first-order valence-corrected chi connectivity index (χ1v) is 5.58. The van der Waals surface area contributed by atoms with Crippen molar-refractivity contribution in [2.75, 3.05) is 18.0 Å². The minimum Gasteiger partial charge on any atom is -0.481 e. The molecular formula is C12H12BrNO2. The zero-order chi connectivity index (χ0) is 12.0. The van der Waals surface area contributed by atoms with Gasteiger partial charge in [-0.25, -0.2) is 0 Å². The lowest BCUT2D eigenvalue weighted by atomic mass is 10.2. The Morgan fingerprint density at radius 2 is 2.06 bits per heavy atom. The molecule has 1 aromatic carbocycles. The topological polar surface area (TPSA) is 40.5 Å². The quantitative estimate of drug-likeness (QED) is 0.843. The fourth-order valence-electron chi connectivity index (χ4n) is 1.29. The lowest BCUT2D eigenvalue weighted by Crippen LogP contribution is -2.26. The third-order valence-corrected chi connectivity index (χ3v) is 2.60. The highest BCUT2D eigenvalue weighted by atomic mass is 79.9. The van der Waals surface area contributed by atoms with Gasteiger partial charge in [-0.2, -0.15) is 0 Å². The molecule has 3 nitrogen and oxygen atoms in total. The number of terminal acetylenes is 1. The molecule has 0 heterocycles. The molecule has 0 aliphatic rings. The van der Waals surface area contributed by atoms with E-state index in [0.717, 1.165) is 10.2 Å². The molecule has 0 fully saturated rings. The molecule has 0 aliphatic heterocycles. The van der Waals surface area contributed by atoms with Crippen LogP contribution in [0.4, 0.5) is 5.69 Å². The van der Waals surface area contributed by atoms with Crippen molar-refractivity contribution >= 4 is 27.6 Å². The molecule has 0 atom stereocenters. The Morgan fingerprint density at radius 1 is 1.44 bits per heavy atom. The van der Waals surface area contributed by atoms with Crippen LogP contribution in [0.5, 0.6) is 0 Å². The van der Waals surface area contributed by atoms with E-state index in [9.17, 15) is 4.79 Å². The summed E-state index contributed by atoms with van der Waals surface area (Å²) < 4.78 is 0.982. The largest absolute Gasteiger partial charge is 0.481 e. The van der Waals surface area contributed by atoms with E-state index in [1.165, 1.54) is 0 Å². The SMILES string of the molecule is C#CCN(CCC(=O)O)c1ccc(Br)cc1. The average molecular weight is 282 g/mol. The van der Waals surface area contributed by atoms with Gasteiger partial charge >= 0.3 is 5.97 Å². The first-order valence-electron chi connectivity index (χ1n) is 4.79. The first-order chi connectivity index (χ1) is 7.63. The second-order valence-corrected chi connectivity index (χ2v) is 4.16. The van der Waals surface area contributed by atoms with E-state index < -0.39 is 5.97 Å². The summed E-state index contributed by atoms with van der Waals surface area (Å²) in [6.45, 7) is 0.829. The number of carbonyl (C=O) groups is 1. The number of rotatable bonds is 5. The van der Waals surface area contributed by atoms with Crippen molar-refractivity contribution in [3.63, 3.8) is 0 Å². The highest BCUT2D eigenvalue weighted by Gasteiger charge is 2.07. The summed E-state index contributed by atoms with van der Waals surface area (Å²) in [4.78, 5) is 12.4. The molecule has 84 valence electrons. The van der Waals surface area contributed by atoms with Crippen molar-refractivity contribution in [3.05, 3.63) is 28.7 Å². The minimum absolute atomic E-state index is 0.0811. The summed E-state index contributed by atoms with van der Waals surface area (Å²) >= 11 is 3.34. The van der Waals surface area contributed by atoms with Crippen LogP contribution in [0.1, 0.15) is 6.42 Å². The maximum absolute atomic E-state index is 10.5. The number of halogens is 1. The lowest BCUT2D eigenvalue weighted by molar-refractivity contribution is -0.136. The Hall–Kier alpha value is -1.47. The second kappa shape index (κ2) is 6.19. The van der Waals surface area contributed by atoms with Crippen molar-refractivity contribution in [2.45, 2.75) is 6.42 Å². The summed E-state index contributed by atoms with van der Waals surface area (Å²) in [5.74, 6) is 1.71. The lowest BCUT2D eigenvalue weighted by Gasteiger charge is -2.21. The molecule has 0 saturated carbocycles. The summed E-state index contributed by atoms with van der Waals surface area (Å²) in [6.07, 6.45) is 5.34. The molecule has 0 saturated heterocycles. The van der Waals surface area contributed by atoms with Gasteiger partial charge in [-0.3, -0.25) is 4.79 Å². The first kappa shape index (κ1) is 12.6. The minimum atomic E-state index is -0.820. The predicted molar refractivity (Wildman–Crippen MR) is 67.4 cm³/mol. The number of hydrogen-bond acceptors (Lipinski definition) is 2. The van der Waals surface area contributed by atoms with Crippen LogP contribution in [0.2, 0.25) is 0 Å². The average Bonchev–Trinajstić information content (AvgIpc) is 2.25. The Kier molecular flexibility index (Phi) is 4.87. The molecular weight excluding hydrogens is 270 g/mol. The Balaban J connectivity index is 2.73. The standard InChI is InChI=1S/C12H12BrNO2/c1-2-8-14(9-7-12(15)16)11-5-3-10(13)4-6-11/h1,3-6H,7-9H2,(H,15,16). The monoisotopic (exact) mass is 281 g/mol. The molecule has 0 aliphatic carbocycles. The molecule has 16 heavy (non-hydrogen) atoms. The number of carboxylic acid groups (broad SMARTS) is 1. The summed E-state index contributed by atoms with van der Waals surface area (Å²) in [5.41, 5.74) is 0.933. The fourth-order valence-corrected chi connectivity index (χ4v) is 1.56. The van der Waals surface area contributed by atoms with E-state index in [1.807, 2.05) is 29.2 Å².